The van der Waals surface area contributed by atoms with Crippen LogP contribution in [-0.4, -0.2) is 53.4 Å². The molecule has 0 amide bonds. The van der Waals surface area contributed by atoms with E-state index in [2.05, 4.69) is 15.1 Å². The van der Waals surface area contributed by atoms with Crippen LogP contribution in [0.3, 0.4) is 0 Å². The summed E-state index contributed by atoms with van der Waals surface area (Å²) < 4.78 is 7.46. The van der Waals surface area contributed by atoms with Crippen molar-refractivity contribution >= 4 is 35.0 Å². The first kappa shape index (κ1) is 21.6. The first-order chi connectivity index (χ1) is 13.3. The number of aliphatic hydroxyl groups is 3. The molecule has 1 aromatic carbocycles. The van der Waals surface area contributed by atoms with Gasteiger partial charge in [0.15, 0.2) is 6.23 Å². The number of hydrogen-bond donors (Lipinski definition) is 5. The molecule has 156 valence electrons. The molecule has 5 N–H and O–H groups in total. The number of aromatic amines is 1. The highest BCUT2D eigenvalue weighted by Gasteiger charge is 2.52. The second-order valence-electron chi connectivity index (χ2n) is 6.89. The van der Waals surface area contributed by atoms with Gasteiger partial charge in [-0.2, -0.15) is 0 Å². The van der Waals surface area contributed by atoms with E-state index in [9.17, 15) is 15.3 Å². The number of aliphatic hydroxyl groups excluding tert-OH is 2. The molecule has 4 rings (SSSR count). The number of H-pyrrole nitrogens is 1. The molecule has 3 heterocycles. The lowest BCUT2D eigenvalue weighted by atomic mass is 9.87. The zero-order valence-electron chi connectivity index (χ0n) is 15.2. The molecule has 11 heteroatoms. The Bertz CT molecular complexity index is 1070. The number of hydrogen-bond acceptors (Lipinski definition) is 7. The second-order valence-corrected chi connectivity index (χ2v) is 7.33. The zero-order valence-corrected chi connectivity index (χ0v) is 16.7. The van der Waals surface area contributed by atoms with Crippen molar-refractivity contribution in [2.24, 2.45) is 5.16 Å². The van der Waals surface area contributed by atoms with Gasteiger partial charge in [0.25, 0.3) is 0 Å². The molecule has 5 atom stereocenters. The van der Waals surface area contributed by atoms with Crippen LogP contribution < -0.4 is 5.49 Å². The Balaban J connectivity index is 0.00000240. The minimum Gasteiger partial charge on any atom is -0.409 e. The fraction of sp³-hybridized carbons (Fsp3) is 0.333. The van der Waals surface area contributed by atoms with Crippen LogP contribution in [0.15, 0.2) is 48.0 Å². The van der Waals surface area contributed by atoms with Gasteiger partial charge in [0.05, 0.1) is 11.7 Å². The number of ether oxygens (including phenoxy) is 1. The van der Waals surface area contributed by atoms with Gasteiger partial charge in [-0.25, -0.2) is 4.98 Å². The number of halogens is 2. The molecular weight excluding hydrogens is 423 g/mol. The fourth-order valence-corrected chi connectivity index (χ4v) is 3.73. The maximum atomic E-state index is 11.1. The van der Waals surface area contributed by atoms with E-state index in [1.165, 1.54) is 13.3 Å². The molecule has 0 spiro atoms. The van der Waals surface area contributed by atoms with Crippen molar-refractivity contribution in [1.29, 1.82) is 0 Å². The maximum Gasteiger partial charge on any atom is 0.203 e. The average molecular weight is 443 g/mol. The predicted molar refractivity (Wildman–Crippen MR) is 106 cm³/mol. The van der Waals surface area contributed by atoms with E-state index >= 15 is 0 Å². The number of rotatable bonds is 3. The molecule has 1 aliphatic rings. The summed E-state index contributed by atoms with van der Waals surface area (Å²) in [6.45, 7) is 1.51. The van der Waals surface area contributed by atoms with Gasteiger partial charge in [0, 0.05) is 11.2 Å². The summed E-state index contributed by atoms with van der Waals surface area (Å²) in [4.78, 5) is 6.82. The lowest BCUT2D eigenvalue weighted by Crippen LogP contribution is -2.45. The molecule has 0 bridgehead atoms. The molecule has 29 heavy (non-hydrogen) atoms. The number of nitrogens with zero attached hydrogens (tertiary/aromatic N) is 3. The number of nitrogens with one attached hydrogen (secondary N) is 1. The van der Waals surface area contributed by atoms with Gasteiger partial charge in [-0.3, -0.25) is 0 Å². The highest BCUT2D eigenvalue weighted by atomic mass is 35.5. The summed E-state index contributed by atoms with van der Waals surface area (Å²) in [7, 11) is 0. The monoisotopic (exact) mass is 442 g/mol. The zero-order chi connectivity index (χ0) is 20.1. The molecule has 1 unspecified atom stereocenters. The third-order valence-corrected chi connectivity index (χ3v) is 5.39. The van der Waals surface area contributed by atoms with E-state index in [4.69, 9.17) is 21.5 Å². The van der Waals surface area contributed by atoms with Crippen molar-refractivity contribution in [2.45, 2.75) is 37.1 Å². The summed E-state index contributed by atoms with van der Waals surface area (Å²) in [6.07, 6.45) is -1.80. The molecule has 2 aromatic heterocycles. The van der Waals surface area contributed by atoms with E-state index in [1.807, 2.05) is 0 Å². The molecular formula is C18H20Cl2N4O5. The van der Waals surface area contributed by atoms with Crippen LogP contribution in [0.1, 0.15) is 18.7 Å². The van der Waals surface area contributed by atoms with Crippen molar-refractivity contribution in [2.75, 3.05) is 0 Å². The smallest absolute Gasteiger partial charge is 0.203 e. The van der Waals surface area contributed by atoms with Gasteiger partial charge in [-0.1, -0.05) is 28.9 Å². The molecule has 3 aromatic rings. The van der Waals surface area contributed by atoms with Crippen molar-refractivity contribution < 1.29 is 25.3 Å². The minimum absolute atomic E-state index is 0. The quantitative estimate of drug-likeness (QED) is 0.306. The van der Waals surface area contributed by atoms with Gasteiger partial charge in [-0.15, -0.1) is 12.4 Å². The Morgan fingerprint density at radius 3 is 2.55 bits per heavy atom. The van der Waals surface area contributed by atoms with E-state index in [0.29, 0.717) is 21.6 Å². The van der Waals surface area contributed by atoms with Crippen LogP contribution in [0, 0.1) is 0 Å². The van der Waals surface area contributed by atoms with Gasteiger partial charge >= 0.3 is 0 Å². The molecule has 1 aliphatic heterocycles. The Kier molecular flexibility index (Phi) is 5.91. The van der Waals surface area contributed by atoms with Crippen LogP contribution in [0.2, 0.25) is 5.02 Å². The van der Waals surface area contributed by atoms with E-state index in [1.54, 1.807) is 41.1 Å². The predicted octanol–water partition coefficient (Wildman–Crippen LogP) is 1.26. The van der Waals surface area contributed by atoms with Crippen molar-refractivity contribution in [1.82, 2.24) is 14.5 Å². The van der Waals surface area contributed by atoms with Gasteiger partial charge in [-0.05, 0) is 30.7 Å². The molecule has 0 aliphatic carbocycles. The van der Waals surface area contributed by atoms with E-state index < -0.39 is 30.1 Å². The molecule has 0 radical (unpaired) electrons. The topological polar surface area (TPSA) is 136 Å². The highest BCUT2D eigenvalue weighted by Crippen LogP contribution is 2.40. The normalized spacial score (nSPS) is 27.0. The first-order valence-electron chi connectivity index (χ1n) is 8.57. The summed E-state index contributed by atoms with van der Waals surface area (Å²) in [5.74, 6) is 0. The Hall–Kier alpha value is -2.14. The summed E-state index contributed by atoms with van der Waals surface area (Å²) >= 11 is 5.90. The molecule has 0 saturated carbocycles. The number of fused-ring (bicyclic) bond motifs is 1. The minimum atomic E-state index is -1.58. The lowest BCUT2D eigenvalue weighted by Gasteiger charge is -2.32. The second kappa shape index (κ2) is 7.94. The standard InChI is InChI=1S/C18H19ClN4O5.ClH/c1-18(26,9-2-4-10(19)5-3-9)14-12(24)13(25)17(28-14)23-7-6-11-15(22-27)20-8-21-16(11)23;/h2-8,12-14,17,24-27H,1H3,(H,20,21,22);1H/t12-,13+,14?,17+,18+;/m0./s1. The summed E-state index contributed by atoms with van der Waals surface area (Å²) in [6, 6.07) is 8.17. The largest absolute Gasteiger partial charge is 0.409 e. The molecule has 1 saturated heterocycles. The maximum absolute atomic E-state index is 11.1. The number of benzene rings is 1. The Labute approximate surface area is 176 Å². The summed E-state index contributed by atoms with van der Waals surface area (Å²) in [5.41, 5.74) is -0.515. The molecule has 1 fully saturated rings. The van der Waals surface area contributed by atoms with Gasteiger partial charge in [0.2, 0.25) is 5.49 Å². The van der Waals surface area contributed by atoms with Gasteiger partial charge in [0.1, 0.15) is 29.6 Å². The van der Waals surface area contributed by atoms with Crippen LogP contribution in [0.25, 0.3) is 11.0 Å². The third kappa shape index (κ3) is 3.50. The summed E-state index contributed by atoms with van der Waals surface area (Å²) in [5, 5.41) is 45.5. The fourth-order valence-electron chi connectivity index (χ4n) is 3.60. The van der Waals surface area contributed by atoms with Crippen molar-refractivity contribution in [3.63, 3.8) is 0 Å². The van der Waals surface area contributed by atoms with Gasteiger partial charge < -0.3 is 34.8 Å². The Morgan fingerprint density at radius 1 is 1.21 bits per heavy atom. The first-order valence-corrected chi connectivity index (χ1v) is 8.94. The lowest BCUT2D eigenvalue weighted by molar-refractivity contribution is -0.135. The van der Waals surface area contributed by atoms with E-state index in [-0.39, 0.29) is 17.9 Å². The van der Waals surface area contributed by atoms with E-state index in [0.717, 1.165) is 0 Å². The third-order valence-electron chi connectivity index (χ3n) is 5.13. The SMILES string of the molecule is C[C@@](O)(c1ccc(Cl)cc1)C1O[C@@H](n2ccc3/c(=N/O)nc[nH]c32)[C@H](O)[C@@H]1O.Cl. The van der Waals surface area contributed by atoms with Crippen molar-refractivity contribution in [3.8, 4) is 0 Å². The van der Waals surface area contributed by atoms with Crippen LogP contribution in [0.5, 0.6) is 0 Å². The van der Waals surface area contributed by atoms with Crippen LogP contribution >= 0.6 is 24.0 Å². The van der Waals surface area contributed by atoms with Crippen LogP contribution in [-0.2, 0) is 10.3 Å². The van der Waals surface area contributed by atoms with Crippen molar-refractivity contribution in [3.05, 3.63) is 58.9 Å². The number of aromatic nitrogens is 3. The molecule has 9 nitrogen and oxygen atoms in total. The average Bonchev–Trinajstić information content (AvgIpc) is 3.24. The highest BCUT2D eigenvalue weighted by molar-refractivity contribution is 6.30. The Morgan fingerprint density at radius 2 is 1.90 bits per heavy atom. The van der Waals surface area contributed by atoms with Crippen LogP contribution in [0.4, 0.5) is 0 Å².